The van der Waals surface area contributed by atoms with E-state index in [0.29, 0.717) is 13.0 Å². The number of carbonyl (C=O) groups is 1. The van der Waals surface area contributed by atoms with E-state index in [4.69, 9.17) is 4.74 Å². The van der Waals surface area contributed by atoms with Gasteiger partial charge in [0, 0.05) is 14.1 Å². The molecule has 2 rings (SSSR count). The van der Waals surface area contributed by atoms with Crippen molar-refractivity contribution < 1.29 is 9.53 Å². The molecule has 0 aromatic heterocycles. The van der Waals surface area contributed by atoms with E-state index in [9.17, 15) is 4.79 Å². The molecule has 1 N–H and O–H groups in total. The molecule has 104 valence electrons. The lowest BCUT2D eigenvalue weighted by atomic mass is 9.92. The third-order valence-electron chi connectivity index (χ3n) is 3.27. The van der Waals surface area contributed by atoms with Crippen molar-refractivity contribution in [2.45, 2.75) is 32.1 Å². The summed E-state index contributed by atoms with van der Waals surface area (Å²) >= 11 is 0. The lowest BCUT2D eigenvalue weighted by Gasteiger charge is -2.17. The van der Waals surface area contributed by atoms with Crippen LogP contribution in [0.1, 0.15) is 30.4 Å². The number of carbonyl (C=O) groups excluding carboxylic acids is 1. The van der Waals surface area contributed by atoms with Crippen LogP contribution in [0, 0.1) is 0 Å². The third kappa shape index (κ3) is 4.24. The highest BCUT2D eigenvalue weighted by molar-refractivity contribution is 5.75. The summed E-state index contributed by atoms with van der Waals surface area (Å²) in [7, 11) is 3.59. The van der Waals surface area contributed by atoms with Crippen LogP contribution in [0.15, 0.2) is 18.2 Å². The Bertz CT molecular complexity index is 444. The van der Waals surface area contributed by atoms with Crippen LogP contribution in [0.2, 0.25) is 0 Å². The molecule has 0 aliphatic heterocycles. The van der Waals surface area contributed by atoms with Crippen molar-refractivity contribution in [3.63, 3.8) is 0 Å². The van der Waals surface area contributed by atoms with Gasteiger partial charge in [-0.1, -0.05) is 6.07 Å². The van der Waals surface area contributed by atoms with E-state index >= 15 is 0 Å². The highest BCUT2D eigenvalue weighted by atomic mass is 16.5. The largest absolute Gasteiger partial charge is 0.493 e. The first-order chi connectivity index (χ1) is 9.15. The van der Waals surface area contributed by atoms with Gasteiger partial charge in [0.25, 0.3) is 0 Å². The molecule has 0 saturated carbocycles. The Balaban J connectivity index is 1.81. The normalized spacial score (nSPS) is 14.1. The fraction of sp³-hybridized carbons (Fsp3) is 0.533. The van der Waals surface area contributed by atoms with Crippen molar-refractivity contribution in [2.75, 3.05) is 20.7 Å². The van der Waals surface area contributed by atoms with Crippen molar-refractivity contribution in [3.8, 4) is 5.75 Å². The number of amides is 1. The zero-order chi connectivity index (χ0) is 13.7. The number of nitrogens with zero attached hydrogens (tertiary/aromatic N) is 1. The van der Waals surface area contributed by atoms with Crippen LogP contribution >= 0.6 is 0 Å². The second-order valence-corrected chi connectivity index (χ2v) is 5.17. The number of ether oxygens (including phenoxy) is 1. The van der Waals surface area contributed by atoms with Gasteiger partial charge in [-0.05, 0) is 48.9 Å². The predicted octanol–water partition coefficient (Wildman–Crippen LogP) is 1.93. The van der Waals surface area contributed by atoms with Gasteiger partial charge < -0.3 is 4.74 Å². The molecule has 0 unspecified atom stereocenters. The second-order valence-electron chi connectivity index (χ2n) is 5.17. The minimum absolute atomic E-state index is 0.0250. The molecule has 1 amide bonds. The topological polar surface area (TPSA) is 41.6 Å². The van der Waals surface area contributed by atoms with E-state index < -0.39 is 0 Å². The van der Waals surface area contributed by atoms with Gasteiger partial charge in [-0.3, -0.25) is 10.2 Å². The molecule has 19 heavy (non-hydrogen) atoms. The number of rotatable bonds is 5. The van der Waals surface area contributed by atoms with E-state index in [2.05, 4.69) is 17.6 Å². The van der Waals surface area contributed by atoms with E-state index in [0.717, 1.165) is 12.2 Å². The maximum Gasteiger partial charge on any atom is 0.237 e. The average Bonchev–Trinajstić information content (AvgIpc) is 2.37. The fourth-order valence-corrected chi connectivity index (χ4v) is 2.37. The molecule has 4 heteroatoms. The first-order valence-electron chi connectivity index (χ1n) is 6.86. The number of hydrogen-bond acceptors (Lipinski definition) is 3. The molecule has 0 heterocycles. The standard InChI is InChI=1S/C15H22N2O2/c1-17(2)16-15(18)9-10-19-14-8-7-12-5-3-4-6-13(12)11-14/h7-8,11H,3-6,9-10H2,1-2H3,(H,16,18). The summed E-state index contributed by atoms with van der Waals surface area (Å²) in [5, 5.41) is 1.64. The number of nitrogens with one attached hydrogen (secondary N) is 1. The Hall–Kier alpha value is -1.55. The molecule has 1 aromatic carbocycles. The molecule has 0 atom stereocenters. The van der Waals surface area contributed by atoms with Crippen molar-refractivity contribution in [1.29, 1.82) is 0 Å². The molecule has 1 aliphatic carbocycles. The van der Waals surface area contributed by atoms with Crippen LogP contribution in [0.3, 0.4) is 0 Å². The van der Waals surface area contributed by atoms with E-state index in [1.165, 1.54) is 30.4 Å². The summed E-state index contributed by atoms with van der Waals surface area (Å²) in [6.45, 7) is 0.415. The zero-order valence-electron chi connectivity index (χ0n) is 11.7. The Morgan fingerprint density at radius 3 is 2.74 bits per heavy atom. The monoisotopic (exact) mass is 262 g/mol. The summed E-state index contributed by atoms with van der Waals surface area (Å²) in [5.41, 5.74) is 5.55. The zero-order valence-corrected chi connectivity index (χ0v) is 11.7. The van der Waals surface area contributed by atoms with Gasteiger partial charge in [0.05, 0.1) is 13.0 Å². The summed E-state index contributed by atoms with van der Waals surface area (Å²) in [6, 6.07) is 6.29. The molecular weight excluding hydrogens is 240 g/mol. The van der Waals surface area contributed by atoms with Crippen molar-refractivity contribution in [3.05, 3.63) is 29.3 Å². The number of aryl methyl sites for hydroxylation is 2. The minimum Gasteiger partial charge on any atom is -0.493 e. The molecule has 0 spiro atoms. The molecule has 1 aromatic rings. The fourth-order valence-electron chi connectivity index (χ4n) is 2.37. The third-order valence-corrected chi connectivity index (χ3v) is 3.27. The van der Waals surface area contributed by atoms with Gasteiger partial charge in [-0.15, -0.1) is 0 Å². The SMILES string of the molecule is CN(C)NC(=O)CCOc1ccc2c(c1)CCCC2. The Morgan fingerprint density at radius 2 is 2.00 bits per heavy atom. The number of fused-ring (bicyclic) bond motifs is 1. The van der Waals surface area contributed by atoms with Gasteiger partial charge in [-0.2, -0.15) is 0 Å². The summed E-state index contributed by atoms with van der Waals surface area (Å²) < 4.78 is 5.64. The van der Waals surface area contributed by atoms with Gasteiger partial charge in [0.2, 0.25) is 5.91 Å². The highest BCUT2D eigenvalue weighted by Gasteiger charge is 2.10. The van der Waals surface area contributed by atoms with Crippen molar-refractivity contribution in [1.82, 2.24) is 10.4 Å². The van der Waals surface area contributed by atoms with E-state index in [-0.39, 0.29) is 5.91 Å². The molecule has 4 nitrogen and oxygen atoms in total. The van der Waals surface area contributed by atoms with Crippen molar-refractivity contribution in [2.24, 2.45) is 0 Å². The first kappa shape index (κ1) is 13.9. The summed E-state index contributed by atoms with van der Waals surface area (Å²) in [4.78, 5) is 11.4. The molecule has 0 saturated heterocycles. The first-order valence-corrected chi connectivity index (χ1v) is 6.86. The number of hydrazine groups is 1. The smallest absolute Gasteiger partial charge is 0.237 e. The molecule has 1 aliphatic rings. The molecule has 0 fully saturated rings. The number of benzene rings is 1. The van der Waals surface area contributed by atoms with Gasteiger partial charge >= 0.3 is 0 Å². The van der Waals surface area contributed by atoms with Crippen LogP contribution in [-0.2, 0) is 17.6 Å². The second kappa shape index (κ2) is 6.57. The van der Waals surface area contributed by atoms with E-state index in [1.807, 2.05) is 6.07 Å². The summed E-state index contributed by atoms with van der Waals surface area (Å²) in [6.07, 6.45) is 5.25. The molecular formula is C15H22N2O2. The minimum atomic E-state index is -0.0250. The van der Waals surface area contributed by atoms with Crippen LogP contribution in [0.4, 0.5) is 0 Å². The lowest BCUT2D eigenvalue weighted by molar-refractivity contribution is -0.125. The predicted molar refractivity (Wildman–Crippen MR) is 75.0 cm³/mol. The Labute approximate surface area is 114 Å². The maximum absolute atomic E-state index is 11.4. The van der Waals surface area contributed by atoms with Gasteiger partial charge in [-0.25, -0.2) is 5.01 Å². The van der Waals surface area contributed by atoms with Gasteiger partial charge in [0.15, 0.2) is 0 Å². The lowest BCUT2D eigenvalue weighted by Crippen LogP contribution is -2.36. The van der Waals surface area contributed by atoms with Crippen LogP contribution in [0.25, 0.3) is 0 Å². The van der Waals surface area contributed by atoms with E-state index in [1.54, 1.807) is 19.1 Å². The quantitative estimate of drug-likeness (QED) is 0.824. The van der Waals surface area contributed by atoms with Crippen molar-refractivity contribution >= 4 is 5.91 Å². The number of hydrogen-bond donors (Lipinski definition) is 1. The summed E-state index contributed by atoms with van der Waals surface area (Å²) in [5.74, 6) is 0.848. The highest BCUT2D eigenvalue weighted by Crippen LogP contribution is 2.25. The van der Waals surface area contributed by atoms with Crippen LogP contribution < -0.4 is 10.2 Å². The van der Waals surface area contributed by atoms with Gasteiger partial charge in [0.1, 0.15) is 5.75 Å². The van der Waals surface area contributed by atoms with Crippen LogP contribution in [0.5, 0.6) is 5.75 Å². The average molecular weight is 262 g/mol. The van der Waals surface area contributed by atoms with Crippen LogP contribution in [-0.4, -0.2) is 31.6 Å². The Morgan fingerprint density at radius 1 is 1.26 bits per heavy atom. The Kier molecular flexibility index (Phi) is 4.80. The molecule has 0 bridgehead atoms. The molecule has 0 radical (unpaired) electrons. The maximum atomic E-state index is 11.4.